The second kappa shape index (κ2) is 7.94. The van der Waals surface area contributed by atoms with Gasteiger partial charge in [0.05, 0.1) is 25.5 Å². The molecule has 4 atom stereocenters. The molecule has 2 saturated heterocycles. The van der Waals surface area contributed by atoms with Gasteiger partial charge in [0.1, 0.15) is 11.3 Å². The lowest BCUT2D eigenvalue weighted by atomic mass is 9.76. The molecule has 2 fully saturated rings. The number of benzene rings is 2. The van der Waals surface area contributed by atoms with Crippen molar-refractivity contribution in [3.63, 3.8) is 0 Å². The molecule has 1 spiro atoms. The Morgan fingerprint density at radius 1 is 1.06 bits per heavy atom. The summed E-state index contributed by atoms with van der Waals surface area (Å²) in [4.78, 5) is 41.9. The average Bonchev–Trinajstić information content (AvgIpc) is 3.39. The Morgan fingerprint density at radius 2 is 1.81 bits per heavy atom. The molecule has 3 heterocycles. The zero-order valence-corrected chi connectivity index (χ0v) is 18.8. The van der Waals surface area contributed by atoms with Gasteiger partial charge in [0.2, 0.25) is 17.7 Å². The summed E-state index contributed by atoms with van der Waals surface area (Å²) in [5.41, 5.74) is 1.07. The largest absolute Gasteiger partial charge is 0.497 e. The van der Waals surface area contributed by atoms with E-state index in [1.165, 1.54) is 4.90 Å². The molecule has 166 valence electrons. The molecule has 3 aliphatic heterocycles. The van der Waals surface area contributed by atoms with E-state index >= 15 is 0 Å². The van der Waals surface area contributed by atoms with E-state index in [-0.39, 0.29) is 30.3 Å². The van der Waals surface area contributed by atoms with Gasteiger partial charge in [-0.3, -0.25) is 24.6 Å². The third-order valence-electron chi connectivity index (χ3n) is 6.85. The lowest BCUT2D eigenvalue weighted by Gasteiger charge is -2.29. The number of thioether (sulfide) groups is 1. The maximum atomic E-state index is 13.7. The fourth-order valence-electron chi connectivity index (χ4n) is 5.38. The summed E-state index contributed by atoms with van der Waals surface area (Å²) in [6, 6.07) is 14.5. The highest BCUT2D eigenvalue weighted by atomic mass is 32.2. The normalized spacial score (nSPS) is 28.2. The van der Waals surface area contributed by atoms with Gasteiger partial charge in [-0.1, -0.05) is 30.3 Å². The molecule has 0 aliphatic carbocycles. The van der Waals surface area contributed by atoms with Gasteiger partial charge in [0.15, 0.2) is 0 Å². The van der Waals surface area contributed by atoms with Crippen LogP contribution in [0.5, 0.6) is 5.75 Å². The molecular weight excluding hydrogens is 426 g/mol. The number of likely N-dealkylation sites (tertiary alicyclic amines) is 1. The predicted octanol–water partition coefficient (Wildman–Crippen LogP) is 2.37. The van der Waals surface area contributed by atoms with Gasteiger partial charge >= 0.3 is 0 Å². The molecule has 3 aliphatic rings. The molecule has 3 amide bonds. The van der Waals surface area contributed by atoms with Crippen LogP contribution < -0.4 is 15.4 Å². The number of anilines is 1. The summed E-state index contributed by atoms with van der Waals surface area (Å²) in [5, 5.41) is 6.39. The van der Waals surface area contributed by atoms with Crippen molar-refractivity contribution in [2.24, 2.45) is 11.8 Å². The number of methoxy groups -OCH3 is 1. The lowest BCUT2D eigenvalue weighted by Crippen LogP contribution is -2.53. The van der Waals surface area contributed by atoms with Crippen molar-refractivity contribution in [3.8, 4) is 5.75 Å². The first-order valence-electron chi connectivity index (χ1n) is 10.7. The van der Waals surface area contributed by atoms with E-state index in [2.05, 4.69) is 10.6 Å². The SMILES string of the molecule is COc1ccc(CN2C(=O)[C@@H]3[C@H](CCSC)N[C@]4(C(=O)Nc5ccccc54)[C@@H]3C2=O)cc1. The third kappa shape index (κ3) is 2.97. The summed E-state index contributed by atoms with van der Waals surface area (Å²) in [7, 11) is 1.59. The summed E-state index contributed by atoms with van der Waals surface area (Å²) in [6.07, 6.45) is 2.71. The van der Waals surface area contributed by atoms with Crippen molar-refractivity contribution >= 4 is 35.2 Å². The molecule has 0 saturated carbocycles. The van der Waals surface area contributed by atoms with Crippen LogP contribution in [0.3, 0.4) is 0 Å². The molecule has 2 aromatic rings. The number of imide groups is 1. The van der Waals surface area contributed by atoms with Crippen molar-refractivity contribution in [1.82, 2.24) is 10.2 Å². The standard InChI is InChI=1S/C24H25N3O4S/c1-31-15-9-7-14(8-10-15)13-27-21(28)19-18(11-12-32-2)26-24(20(19)22(27)29)16-5-3-4-6-17(16)25-23(24)30/h3-10,18-20,26H,11-13H2,1-2H3,(H,25,30)/t18-,19+,20-,24-/m0/s1. The van der Waals surface area contributed by atoms with Crippen molar-refractivity contribution in [2.75, 3.05) is 24.4 Å². The maximum Gasteiger partial charge on any atom is 0.250 e. The van der Waals surface area contributed by atoms with Crippen molar-refractivity contribution in [2.45, 2.75) is 24.5 Å². The van der Waals surface area contributed by atoms with E-state index in [4.69, 9.17) is 4.74 Å². The zero-order chi connectivity index (χ0) is 22.5. The minimum Gasteiger partial charge on any atom is -0.497 e. The average molecular weight is 452 g/mol. The Labute approximate surface area is 190 Å². The first-order valence-corrected chi connectivity index (χ1v) is 12.1. The molecule has 7 nitrogen and oxygen atoms in total. The third-order valence-corrected chi connectivity index (χ3v) is 7.49. The fraction of sp³-hybridized carbons (Fsp3) is 0.375. The van der Waals surface area contributed by atoms with Gasteiger partial charge in [-0.2, -0.15) is 11.8 Å². The molecule has 2 aromatic carbocycles. The van der Waals surface area contributed by atoms with Crippen LogP contribution in [-0.2, 0) is 26.5 Å². The molecule has 0 bridgehead atoms. The smallest absolute Gasteiger partial charge is 0.250 e. The van der Waals surface area contributed by atoms with Gasteiger partial charge in [-0.15, -0.1) is 0 Å². The predicted molar refractivity (Wildman–Crippen MR) is 122 cm³/mol. The molecule has 2 N–H and O–H groups in total. The zero-order valence-electron chi connectivity index (χ0n) is 18.0. The highest BCUT2D eigenvalue weighted by Crippen LogP contribution is 2.53. The highest BCUT2D eigenvalue weighted by molar-refractivity contribution is 7.98. The Morgan fingerprint density at radius 3 is 2.53 bits per heavy atom. The number of nitrogens with zero attached hydrogens (tertiary/aromatic N) is 1. The molecule has 0 radical (unpaired) electrons. The van der Waals surface area contributed by atoms with Crippen LogP contribution in [0.25, 0.3) is 0 Å². The molecule has 8 heteroatoms. The van der Waals surface area contributed by atoms with Crippen LogP contribution >= 0.6 is 11.8 Å². The second-order valence-corrected chi connectivity index (χ2v) is 9.44. The van der Waals surface area contributed by atoms with Crippen LogP contribution in [0.2, 0.25) is 0 Å². The van der Waals surface area contributed by atoms with Crippen molar-refractivity contribution < 1.29 is 19.1 Å². The molecular formula is C24H25N3O4S. The van der Waals surface area contributed by atoms with E-state index in [0.717, 1.165) is 16.9 Å². The number of hydrogen-bond acceptors (Lipinski definition) is 6. The van der Waals surface area contributed by atoms with Gasteiger partial charge in [-0.25, -0.2) is 0 Å². The van der Waals surface area contributed by atoms with Crippen LogP contribution in [0.1, 0.15) is 17.5 Å². The fourth-order valence-corrected chi connectivity index (χ4v) is 5.87. The number of hydrogen-bond donors (Lipinski definition) is 2. The van der Waals surface area contributed by atoms with Crippen molar-refractivity contribution in [1.29, 1.82) is 0 Å². The topological polar surface area (TPSA) is 87.7 Å². The first-order chi connectivity index (χ1) is 15.5. The van der Waals surface area contributed by atoms with Gasteiger partial charge in [0, 0.05) is 17.3 Å². The number of para-hydroxylation sites is 1. The Kier molecular flexibility index (Phi) is 5.22. The molecule has 32 heavy (non-hydrogen) atoms. The minimum atomic E-state index is -1.22. The Hall–Kier alpha value is -2.84. The monoisotopic (exact) mass is 451 g/mol. The number of fused-ring (bicyclic) bond motifs is 4. The Bertz CT molecular complexity index is 1090. The lowest BCUT2D eigenvalue weighted by molar-refractivity contribution is -0.143. The summed E-state index contributed by atoms with van der Waals surface area (Å²) >= 11 is 1.69. The van der Waals surface area contributed by atoms with E-state index in [1.807, 2.05) is 54.8 Å². The van der Waals surface area contributed by atoms with Gasteiger partial charge in [0.25, 0.3) is 0 Å². The van der Waals surface area contributed by atoms with E-state index < -0.39 is 17.4 Å². The van der Waals surface area contributed by atoms with E-state index in [9.17, 15) is 14.4 Å². The van der Waals surface area contributed by atoms with Crippen LogP contribution in [0, 0.1) is 11.8 Å². The first kappa shape index (κ1) is 21.0. The number of carbonyl (C=O) groups is 3. The highest BCUT2D eigenvalue weighted by Gasteiger charge is 2.70. The number of nitrogens with one attached hydrogen (secondary N) is 2. The number of amides is 3. The Balaban J connectivity index is 1.54. The molecule has 0 unspecified atom stereocenters. The molecule has 5 rings (SSSR count). The quantitative estimate of drug-likeness (QED) is 0.656. The van der Waals surface area contributed by atoms with Crippen LogP contribution in [0.4, 0.5) is 5.69 Å². The number of rotatable bonds is 6. The van der Waals surface area contributed by atoms with Crippen LogP contribution in [0.15, 0.2) is 48.5 Å². The molecule has 0 aromatic heterocycles. The van der Waals surface area contributed by atoms with Crippen molar-refractivity contribution in [3.05, 3.63) is 59.7 Å². The van der Waals surface area contributed by atoms with E-state index in [0.29, 0.717) is 17.9 Å². The summed E-state index contributed by atoms with van der Waals surface area (Å²) in [6.45, 7) is 0.184. The van der Waals surface area contributed by atoms with Gasteiger partial charge < -0.3 is 10.1 Å². The van der Waals surface area contributed by atoms with Crippen LogP contribution in [-0.4, -0.2) is 47.8 Å². The maximum absolute atomic E-state index is 13.7. The minimum absolute atomic E-state index is 0.184. The van der Waals surface area contributed by atoms with E-state index in [1.54, 1.807) is 18.9 Å². The number of carbonyl (C=O) groups excluding carboxylic acids is 3. The summed E-state index contributed by atoms with van der Waals surface area (Å²) in [5.74, 6) is -0.531. The summed E-state index contributed by atoms with van der Waals surface area (Å²) < 4.78 is 5.20. The van der Waals surface area contributed by atoms with Gasteiger partial charge in [-0.05, 0) is 42.2 Å². The second-order valence-electron chi connectivity index (χ2n) is 8.45. The number of ether oxygens (including phenoxy) is 1.